The molecule has 4 heteroatoms. The van der Waals surface area contributed by atoms with Crippen molar-refractivity contribution in [1.82, 2.24) is 0 Å². The van der Waals surface area contributed by atoms with Crippen molar-refractivity contribution < 1.29 is 19.1 Å². The minimum atomic E-state index is -1.36. The molecule has 0 N–H and O–H groups in total. The van der Waals surface area contributed by atoms with Gasteiger partial charge in [0.05, 0.1) is 12.5 Å². The van der Waals surface area contributed by atoms with E-state index in [1.54, 1.807) is 26.0 Å². The van der Waals surface area contributed by atoms with Gasteiger partial charge in [-0.2, -0.15) is 0 Å². The van der Waals surface area contributed by atoms with Crippen LogP contribution in [0.15, 0.2) is 24.3 Å². The lowest BCUT2D eigenvalue weighted by Crippen LogP contribution is -2.46. The minimum absolute atomic E-state index is 0.301. The number of aryl methyl sites for hydroxylation is 1. The summed E-state index contributed by atoms with van der Waals surface area (Å²) >= 11 is 0. The Morgan fingerprint density at radius 3 is 1.81 bits per heavy atom. The van der Waals surface area contributed by atoms with Crippen molar-refractivity contribution in [2.75, 3.05) is 7.11 Å². The molecular weight excluding hydrogens is 268 g/mol. The van der Waals surface area contributed by atoms with Gasteiger partial charge in [0.15, 0.2) is 11.6 Å². The van der Waals surface area contributed by atoms with Crippen molar-refractivity contribution in [3.05, 3.63) is 35.4 Å². The molecule has 0 aliphatic rings. The van der Waals surface area contributed by atoms with Crippen LogP contribution >= 0.6 is 0 Å². The van der Waals surface area contributed by atoms with E-state index in [2.05, 4.69) is 4.74 Å². The number of ketones is 2. The van der Waals surface area contributed by atoms with Crippen LogP contribution in [0.4, 0.5) is 0 Å². The number of hydrogen-bond donors (Lipinski definition) is 0. The molecule has 0 amide bonds. The van der Waals surface area contributed by atoms with Gasteiger partial charge in [0, 0.05) is 5.56 Å². The van der Waals surface area contributed by atoms with Crippen LogP contribution < -0.4 is 0 Å². The number of benzene rings is 1. The Bertz CT molecular complexity index is 565. The molecule has 0 aliphatic carbocycles. The molecule has 114 valence electrons. The Morgan fingerprint density at radius 1 is 0.905 bits per heavy atom. The molecule has 21 heavy (non-hydrogen) atoms. The predicted octanol–water partition coefficient (Wildman–Crippen LogP) is 2.97. The molecule has 1 aromatic rings. The molecule has 0 radical (unpaired) electrons. The summed E-state index contributed by atoms with van der Waals surface area (Å²) in [5, 5.41) is 0. The summed E-state index contributed by atoms with van der Waals surface area (Å²) in [6.45, 7) is 7.96. The molecule has 0 saturated carbocycles. The van der Waals surface area contributed by atoms with Crippen LogP contribution in [0.2, 0.25) is 0 Å². The highest BCUT2D eigenvalue weighted by Crippen LogP contribution is 2.33. The Morgan fingerprint density at radius 2 is 1.38 bits per heavy atom. The third kappa shape index (κ3) is 3.20. The van der Waals surface area contributed by atoms with Gasteiger partial charge in [-0.3, -0.25) is 14.4 Å². The van der Waals surface area contributed by atoms with Gasteiger partial charge in [-0.15, -0.1) is 0 Å². The molecule has 0 heterocycles. The molecule has 0 spiro atoms. The third-order valence-electron chi connectivity index (χ3n) is 3.71. The molecule has 0 fully saturated rings. The van der Waals surface area contributed by atoms with E-state index in [4.69, 9.17) is 0 Å². The first-order valence-electron chi connectivity index (χ1n) is 6.80. The zero-order chi connectivity index (χ0) is 16.4. The standard InChI is InChI=1S/C17H22O4/c1-11-7-9-12(10-8-11)13(18)16(2,3)14(19)17(4,5)15(20)21-6/h7-10H,1-6H3. The highest BCUT2D eigenvalue weighted by molar-refractivity contribution is 6.19. The first kappa shape index (κ1) is 17.1. The first-order chi connectivity index (χ1) is 9.55. The van der Waals surface area contributed by atoms with E-state index < -0.39 is 22.6 Å². The maximum absolute atomic E-state index is 12.6. The summed E-state index contributed by atoms with van der Waals surface area (Å²) in [6, 6.07) is 7.02. The summed E-state index contributed by atoms with van der Waals surface area (Å²) in [5.74, 6) is -1.39. The van der Waals surface area contributed by atoms with E-state index in [1.807, 2.05) is 19.1 Å². The highest BCUT2D eigenvalue weighted by atomic mass is 16.5. The Hall–Kier alpha value is -1.97. The molecule has 1 aromatic carbocycles. The summed E-state index contributed by atoms with van der Waals surface area (Å²) in [6.07, 6.45) is 0. The number of Topliss-reactive ketones (excluding diaryl/α,β-unsaturated/α-hetero) is 2. The summed E-state index contributed by atoms with van der Waals surface area (Å²) in [4.78, 5) is 37.0. The van der Waals surface area contributed by atoms with Crippen LogP contribution in [0.5, 0.6) is 0 Å². The Balaban J connectivity index is 3.15. The molecule has 1 rings (SSSR count). The lowest BCUT2D eigenvalue weighted by atomic mass is 9.70. The van der Waals surface area contributed by atoms with E-state index in [0.717, 1.165) is 5.56 Å². The van der Waals surface area contributed by atoms with E-state index in [-0.39, 0.29) is 5.78 Å². The van der Waals surface area contributed by atoms with Crippen molar-refractivity contribution in [2.24, 2.45) is 10.8 Å². The van der Waals surface area contributed by atoms with Crippen molar-refractivity contribution in [3.8, 4) is 0 Å². The average molecular weight is 290 g/mol. The number of rotatable bonds is 5. The number of carbonyl (C=O) groups excluding carboxylic acids is 3. The van der Waals surface area contributed by atoms with E-state index in [9.17, 15) is 14.4 Å². The van der Waals surface area contributed by atoms with Gasteiger partial charge >= 0.3 is 5.97 Å². The number of esters is 1. The number of ether oxygens (including phenoxy) is 1. The smallest absolute Gasteiger partial charge is 0.318 e. The van der Waals surface area contributed by atoms with Gasteiger partial charge in [-0.25, -0.2) is 0 Å². The maximum atomic E-state index is 12.6. The SMILES string of the molecule is COC(=O)C(C)(C)C(=O)C(C)(C)C(=O)c1ccc(C)cc1. The van der Waals surface area contributed by atoms with Crippen molar-refractivity contribution in [3.63, 3.8) is 0 Å². The van der Waals surface area contributed by atoms with Gasteiger partial charge in [-0.05, 0) is 34.6 Å². The fourth-order valence-electron chi connectivity index (χ4n) is 2.30. The predicted molar refractivity (Wildman–Crippen MR) is 80.1 cm³/mol. The second-order valence-electron chi connectivity index (χ2n) is 6.27. The van der Waals surface area contributed by atoms with Crippen molar-refractivity contribution in [1.29, 1.82) is 0 Å². The second kappa shape index (κ2) is 5.80. The molecule has 0 atom stereocenters. The van der Waals surface area contributed by atoms with Gasteiger partial charge < -0.3 is 4.74 Å². The van der Waals surface area contributed by atoms with Gasteiger partial charge in [-0.1, -0.05) is 29.8 Å². The summed E-state index contributed by atoms with van der Waals surface area (Å²) < 4.78 is 4.66. The third-order valence-corrected chi connectivity index (χ3v) is 3.71. The van der Waals surface area contributed by atoms with Crippen molar-refractivity contribution >= 4 is 17.5 Å². The Kier molecular flexibility index (Phi) is 4.72. The summed E-state index contributed by atoms with van der Waals surface area (Å²) in [5.41, 5.74) is -1.17. The van der Waals surface area contributed by atoms with Gasteiger partial charge in [0.2, 0.25) is 0 Å². The fraction of sp³-hybridized carbons (Fsp3) is 0.471. The molecular formula is C17H22O4. The molecule has 0 unspecified atom stereocenters. The van der Waals surface area contributed by atoms with Crippen molar-refractivity contribution in [2.45, 2.75) is 34.6 Å². The largest absolute Gasteiger partial charge is 0.468 e. The zero-order valence-corrected chi connectivity index (χ0v) is 13.4. The van der Waals surface area contributed by atoms with Crippen LogP contribution in [0.3, 0.4) is 0 Å². The molecule has 0 aromatic heterocycles. The average Bonchev–Trinajstić information content (AvgIpc) is 2.45. The second-order valence-corrected chi connectivity index (χ2v) is 6.27. The fourth-order valence-corrected chi connectivity index (χ4v) is 2.30. The quantitative estimate of drug-likeness (QED) is 0.475. The molecule has 0 bridgehead atoms. The number of hydrogen-bond acceptors (Lipinski definition) is 4. The lowest BCUT2D eigenvalue weighted by molar-refractivity contribution is -0.157. The number of carbonyl (C=O) groups is 3. The number of methoxy groups -OCH3 is 1. The molecule has 0 saturated heterocycles. The Labute approximate surface area is 125 Å². The monoisotopic (exact) mass is 290 g/mol. The summed E-state index contributed by atoms with van der Waals surface area (Å²) in [7, 11) is 1.23. The van der Waals surface area contributed by atoms with E-state index in [0.29, 0.717) is 5.56 Å². The lowest BCUT2D eigenvalue weighted by Gasteiger charge is -2.30. The van der Waals surface area contributed by atoms with Gasteiger partial charge in [0.1, 0.15) is 5.41 Å². The molecule has 0 aliphatic heterocycles. The van der Waals surface area contributed by atoms with Crippen LogP contribution in [0.1, 0.15) is 43.6 Å². The van der Waals surface area contributed by atoms with E-state index >= 15 is 0 Å². The van der Waals surface area contributed by atoms with Crippen LogP contribution in [-0.4, -0.2) is 24.6 Å². The minimum Gasteiger partial charge on any atom is -0.468 e. The zero-order valence-electron chi connectivity index (χ0n) is 13.4. The van der Waals surface area contributed by atoms with Crippen LogP contribution in [0.25, 0.3) is 0 Å². The molecule has 4 nitrogen and oxygen atoms in total. The van der Waals surface area contributed by atoms with E-state index in [1.165, 1.54) is 21.0 Å². The first-order valence-corrected chi connectivity index (χ1v) is 6.80. The highest BCUT2D eigenvalue weighted by Gasteiger charge is 2.48. The van der Waals surface area contributed by atoms with Gasteiger partial charge in [0.25, 0.3) is 0 Å². The van der Waals surface area contributed by atoms with Crippen LogP contribution in [0, 0.1) is 17.8 Å². The van der Waals surface area contributed by atoms with Crippen LogP contribution in [-0.2, 0) is 14.3 Å². The normalized spacial score (nSPS) is 11.9. The topological polar surface area (TPSA) is 60.4 Å². The maximum Gasteiger partial charge on any atom is 0.318 e.